The molecule has 0 aromatic heterocycles. The van der Waals surface area contributed by atoms with Crippen LogP contribution < -0.4 is 5.32 Å². The molecule has 0 bridgehead atoms. The van der Waals surface area contributed by atoms with Crippen LogP contribution in [0.2, 0.25) is 0 Å². The van der Waals surface area contributed by atoms with E-state index in [1.165, 1.54) is 23.9 Å². The van der Waals surface area contributed by atoms with Gasteiger partial charge in [-0.2, -0.15) is 0 Å². The number of carboxylic acid groups (broad SMARTS) is 1. The zero-order valence-corrected chi connectivity index (χ0v) is 15.1. The quantitative estimate of drug-likeness (QED) is 0.820. The van der Waals surface area contributed by atoms with Gasteiger partial charge in [0.1, 0.15) is 11.9 Å². The first-order valence-corrected chi connectivity index (χ1v) is 9.80. The molecule has 2 aliphatic rings. The van der Waals surface area contributed by atoms with E-state index >= 15 is 0 Å². The molecule has 1 aliphatic carbocycles. The van der Waals surface area contributed by atoms with Gasteiger partial charge in [0.25, 0.3) is 0 Å². The molecular formula is C18H21FN2O4S. The number of rotatable bonds is 5. The van der Waals surface area contributed by atoms with E-state index in [4.69, 9.17) is 5.11 Å². The monoisotopic (exact) mass is 380 g/mol. The standard InChI is InChI=1S/C18H21FN2O4S/c19-14-8-13(6-5-12(14)7-16(22)23)20-17(24)15-9-26-10-21(15)18(25)11-3-1-2-4-11/h5-6,8,11,15H,1-4,7,9-10H2,(H,20,24)(H,22,23). The Balaban J connectivity index is 1.66. The molecule has 2 fully saturated rings. The lowest BCUT2D eigenvalue weighted by Gasteiger charge is -2.25. The van der Waals surface area contributed by atoms with Gasteiger partial charge in [-0.25, -0.2) is 4.39 Å². The SMILES string of the molecule is O=C(O)Cc1ccc(NC(=O)C2CSCN2C(=O)C2CCCC2)cc1F. The van der Waals surface area contributed by atoms with Crippen molar-refractivity contribution in [1.29, 1.82) is 0 Å². The second kappa shape index (κ2) is 8.07. The summed E-state index contributed by atoms with van der Waals surface area (Å²) in [4.78, 5) is 37.5. The third kappa shape index (κ3) is 4.17. The summed E-state index contributed by atoms with van der Waals surface area (Å²) in [5.41, 5.74) is 0.316. The summed E-state index contributed by atoms with van der Waals surface area (Å²) in [6, 6.07) is 3.38. The van der Waals surface area contributed by atoms with E-state index in [0.717, 1.165) is 31.7 Å². The highest BCUT2D eigenvalue weighted by Crippen LogP contribution is 2.31. The van der Waals surface area contributed by atoms with Crippen molar-refractivity contribution in [3.8, 4) is 0 Å². The number of nitrogens with one attached hydrogen (secondary N) is 1. The minimum absolute atomic E-state index is 0.0109. The maximum absolute atomic E-state index is 14.0. The lowest BCUT2D eigenvalue weighted by atomic mass is 10.1. The number of benzene rings is 1. The second-order valence-corrected chi connectivity index (χ2v) is 7.67. The van der Waals surface area contributed by atoms with E-state index in [1.807, 2.05) is 0 Å². The molecule has 1 heterocycles. The van der Waals surface area contributed by atoms with Crippen molar-refractivity contribution < 1.29 is 23.9 Å². The van der Waals surface area contributed by atoms with Crippen LogP contribution in [0.4, 0.5) is 10.1 Å². The Kier molecular flexibility index (Phi) is 5.80. The molecule has 1 aromatic carbocycles. The molecule has 1 aromatic rings. The average Bonchev–Trinajstić information content (AvgIpc) is 3.28. The van der Waals surface area contributed by atoms with Gasteiger partial charge in [0.05, 0.1) is 12.3 Å². The van der Waals surface area contributed by atoms with Gasteiger partial charge in [0.15, 0.2) is 0 Å². The van der Waals surface area contributed by atoms with Crippen LogP contribution in [0, 0.1) is 11.7 Å². The van der Waals surface area contributed by atoms with E-state index in [2.05, 4.69) is 5.32 Å². The Morgan fingerprint density at radius 2 is 2.00 bits per heavy atom. The Morgan fingerprint density at radius 1 is 1.27 bits per heavy atom. The number of hydrogen-bond acceptors (Lipinski definition) is 4. The van der Waals surface area contributed by atoms with Crippen molar-refractivity contribution in [2.24, 2.45) is 5.92 Å². The Hall–Kier alpha value is -2.09. The Labute approximate surface area is 155 Å². The lowest BCUT2D eigenvalue weighted by molar-refractivity contribution is -0.139. The summed E-state index contributed by atoms with van der Waals surface area (Å²) in [5.74, 6) is -1.07. The third-order valence-electron chi connectivity index (χ3n) is 4.83. The van der Waals surface area contributed by atoms with Crippen molar-refractivity contribution in [3.63, 3.8) is 0 Å². The highest BCUT2D eigenvalue weighted by Gasteiger charge is 2.38. The van der Waals surface area contributed by atoms with Crippen LogP contribution >= 0.6 is 11.8 Å². The summed E-state index contributed by atoms with van der Waals surface area (Å²) in [6.07, 6.45) is 3.45. The summed E-state index contributed by atoms with van der Waals surface area (Å²) in [5, 5.41) is 11.4. The topological polar surface area (TPSA) is 86.7 Å². The minimum Gasteiger partial charge on any atom is -0.481 e. The molecule has 3 rings (SSSR count). The molecule has 1 saturated carbocycles. The number of amides is 2. The smallest absolute Gasteiger partial charge is 0.307 e. The summed E-state index contributed by atoms with van der Waals surface area (Å²) in [7, 11) is 0. The highest BCUT2D eigenvalue weighted by molar-refractivity contribution is 7.99. The van der Waals surface area contributed by atoms with Gasteiger partial charge in [-0.15, -0.1) is 11.8 Å². The molecule has 0 spiro atoms. The molecule has 6 nitrogen and oxygen atoms in total. The molecule has 2 N–H and O–H groups in total. The van der Waals surface area contributed by atoms with Crippen molar-refractivity contribution >= 4 is 35.2 Å². The molecule has 1 atom stereocenters. The van der Waals surface area contributed by atoms with E-state index < -0.39 is 24.2 Å². The van der Waals surface area contributed by atoms with Crippen molar-refractivity contribution in [1.82, 2.24) is 4.90 Å². The molecule has 8 heteroatoms. The van der Waals surface area contributed by atoms with E-state index in [1.54, 1.807) is 4.90 Å². The van der Waals surface area contributed by atoms with Crippen molar-refractivity contribution in [3.05, 3.63) is 29.6 Å². The number of hydrogen-bond donors (Lipinski definition) is 2. The zero-order chi connectivity index (χ0) is 18.7. The number of nitrogens with zero attached hydrogens (tertiary/aromatic N) is 1. The summed E-state index contributed by atoms with van der Waals surface area (Å²) >= 11 is 1.53. The summed E-state index contributed by atoms with van der Waals surface area (Å²) in [6.45, 7) is 0. The molecule has 26 heavy (non-hydrogen) atoms. The first kappa shape index (κ1) is 18.7. The fraction of sp³-hybridized carbons (Fsp3) is 0.500. The van der Waals surface area contributed by atoms with Crippen LogP contribution in [0.5, 0.6) is 0 Å². The minimum atomic E-state index is -1.12. The number of carbonyl (C=O) groups is 3. The lowest BCUT2D eigenvalue weighted by Crippen LogP contribution is -2.46. The second-order valence-electron chi connectivity index (χ2n) is 6.67. The van der Waals surface area contributed by atoms with E-state index in [-0.39, 0.29) is 29.0 Å². The van der Waals surface area contributed by atoms with Gasteiger partial charge in [0, 0.05) is 17.4 Å². The van der Waals surface area contributed by atoms with Crippen LogP contribution in [-0.4, -0.2) is 45.5 Å². The van der Waals surface area contributed by atoms with Crippen molar-refractivity contribution in [2.45, 2.75) is 38.1 Å². The number of aliphatic carboxylic acids is 1. The molecule has 1 aliphatic heterocycles. The van der Waals surface area contributed by atoms with Gasteiger partial charge in [0.2, 0.25) is 11.8 Å². The van der Waals surface area contributed by atoms with Gasteiger partial charge in [-0.05, 0) is 30.5 Å². The maximum atomic E-state index is 14.0. The first-order valence-electron chi connectivity index (χ1n) is 8.65. The molecular weight excluding hydrogens is 359 g/mol. The van der Waals surface area contributed by atoms with Gasteiger partial charge in [-0.3, -0.25) is 14.4 Å². The van der Waals surface area contributed by atoms with E-state index in [9.17, 15) is 18.8 Å². The molecule has 2 amide bonds. The number of thioether (sulfide) groups is 1. The predicted molar refractivity (Wildman–Crippen MR) is 96.3 cm³/mol. The number of halogens is 1. The highest BCUT2D eigenvalue weighted by atomic mass is 32.2. The Bertz CT molecular complexity index is 721. The van der Waals surface area contributed by atoms with Gasteiger partial charge >= 0.3 is 5.97 Å². The van der Waals surface area contributed by atoms with Crippen molar-refractivity contribution in [2.75, 3.05) is 16.9 Å². The molecule has 1 unspecified atom stereocenters. The average molecular weight is 380 g/mol. The third-order valence-corrected chi connectivity index (χ3v) is 5.85. The molecule has 1 saturated heterocycles. The predicted octanol–water partition coefficient (Wildman–Crippen LogP) is 2.48. The van der Waals surface area contributed by atoms with Gasteiger partial charge < -0.3 is 15.3 Å². The fourth-order valence-electron chi connectivity index (χ4n) is 3.44. The molecule has 140 valence electrons. The van der Waals surface area contributed by atoms with Crippen LogP contribution in [0.15, 0.2) is 18.2 Å². The van der Waals surface area contributed by atoms with Crippen LogP contribution in [0.1, 0.15) is 31.2 Å². The van der Waals surface area contributed by atoms with Crippen LogP contribution in [0.25, 0.3) is 0 Å². The maximum Gasteiger partial charge on any atom is 0.307 e. The zero-order valence-electron chi connectivity index (χ0n) is 14.2. The fourth-order valence-corrected chi connectivity index (χ4v) is 4.61. The van der Waals surface area contributed by atoms with Crippen LogP contribution in [0.3, 0.4) is 0 Å². The summed E-state index contributed by atoms with van der Waals surface area (Å²) < 4.78 is 14.0. The number of anilines is 1. The molecule has 0 radical (unpaired) electrons. The normalized spacial score (nSPS) is 20.3. The number of carboxylic acids is 1. The van der Waals surface area contributed by atoms with Gasteiger partial charge in [-0.1, -0.05) is 18.9 Å². The first-order chi connectivity index (χ1) is 12.5. The number of carbonyl (C=O) groups excluding carboxylic acids is 2. The Morgan fingerprint density at radius 3 is 2.65 bits per heavy atom. The van der Waals surface area contributed by atoms with Crippen LogP contribution in [-0.2, 0) is 20.8 Å². The van der Waals surface area contributed by atoms with E-state index in [0.29, 0.717) is 11.6 Å². The largest absolute Gasteiger partial charge is 0.481 e.